The topological polar surface area (TPSA) is 72.3 Å². The lowest BCUT2D eigenvalue weighted by Crippen LogP contribution is -2.43. The van der Waals surface area contributed by atoms with E-state index in [0.29, 0.717) is 18.4 Å². The van der Waals surface area contributed by atoms with Crippen molar-refractivity contribution in [1.82, 2.24) is 19.7 Å². The summed E-state index contributed by atoms with van der Waals surface area (Å²) >= 11 is 0. The highest BCUT2D eigenvalue weighted by Gasteiger charge is 2.20. The second-order valence-electron chi connectivity index (χ2n) is 6.63. The Labute approximate surface area is 144 Å². The standard InChI is InChI=1S/C14H26N6.HI/c1-11-6-5-7-19(9-11)13(15)16-8-12-17-10-18-20(12)14(2,3)4;/h10-11H,5-9H2,1-4H3,(H2,15,16);1H. The summed E-state index contributed by atoms with van der Waals surface area (Å²) in [5.41, 5.74) is 6.02. The molecule has 1 saturated heterocycles. The molecule has 1 aliphatic rings. The van der Waals surface area contributed by atoms with Gasteiger partial charge in [0.1, 0.15) is 18.7 Å². The van der Waals surface area contributed by atoms with Crippen LogP contribution in [0, 0.1) is 5.92 Å². The van der Waals surface area contributed by atoms with Gasteiger partial charge in [-0.2, -0.15) is 5.10 Å². The molecule has 1 fully saturated rings. The Kier molecular flexibility index (Phi) is 6.42. The average molecular weight is 406 g/mol. The highest BCUT2D eigenvalue weighted by Crippen LogP contribution is 2.16. The molecule has 0 aliphatic carbocycles. The molecule has 6 nitrogen and oxygen atoms in total. The van der Waals surface area contributed by atoms with Gasteiger partial charge in [0.2, 0.25) is 0 Å². The summed E-state index contributed by atoms with van der Waals surface area (Å²) in [7, 11) is 0. The molecule has 0 aromatic carbocycles. The maximum Gasteiger partial charge on any atom is 0.191 e. The lowest BCUT2D eigenvalue weighted by Gasteiger charge is -2.31. The smallest absolute Gasteiger partial charge is 0.191 e. The van der Waals surface area contributed by atoms with Gasteiger partial charge in [-0.15, -0.1) is 24.0 Å². The molecule has 1 aliphatic heterocycles. The van der Waals surface area contributed by atoms with E-state index in [1.807, 2.05) is 4.68 Å². The molecule has 0 spiro atoms. The van der Waals surface area contributed by atoms with Crippen molar-refractivity contribution < 1.29 is 0 Å². The summed E-state index contributed by atoms with van der Waals surface area (Å²) in [5, 5.41) is 4.27. The Morgan fingerprint density at radius 3 is 2.81 bits per heavy atom. The third-order valence-corrected chi connectivity index (χ3v) is 3.62. The van der Waals surface area contributed by atoms with Crippen molar-refractivity contribution >= 4 is 29.9 Å². The Bertz CT molecular complexity index is 476. The maximum atomic E-state index is 6.10. The third kappa shape index (κ3) is 4.82. The van der Waals surface area contributed by atoms with Gasteiger partial charge in [-0.1, -0.05) is 6.92 Å². The third-order valence-electron chi connectivity index (χ3n) is 3.62. The summed E-state index contributed by atoms with van der Waals surface area (Å²) < 4.78 is 1.91. The SMILES string of the molecule is CC1CCCN(C(N)=NCc2ncnn2C(C)(C)C)C1.I. The van der Waals surface area contributed by atoms with Crippen LogP contribution in [0.1, 0.15) is 46.4 Å². The minimum absolute atomic E-state index is 0. The van der Waals surface area contributed by atoms with Gasteiger partial charge in [0.05, 0.1) is 5.54 Å². The predicted molar refractivity (Wildman–Crippen MR) is 95.7 cm³/mol. The average Bonchev–Trinajstić information content (AvgIpc) is 2.84. The van der Waals surface area contributed by atoms with Crippen LogP contribution in [0.25, 0.3) is 0 Å². The molecular formula is C14H27IN6. The summed E-state index contributed by atoms with van der Waals surface area (Å²) in [4.78, 5) is 11.0. The zero-order chi connectivity index (χ0) is 14.8. The van der Waals surface area contributed by atoms with E-state index in [-0.39, 0.29) is 29.5 Å². The molecule has 1 aromatic rings. The lowest BCUT2D eigenvalue weighted by molar-refractivity contribution is 0.270. The number of piperidine rings is 1. The van der Waals surface area contributed by atoms with Crippen LogP contribution in [0.4, 0.5) is 0 Å². The number of aromatic nitrogens is 3. The number of hydrogen-bond donors (Lipinski definition) is 1. The van der Waals surface area contributed by atoms with E-state index in [4.69, 9.17) is 5.73 Å². The van der Waals surface area contributed by atoms with Crippen molar-refractivity contribution in [1.29, 1.82) is 0 Å². The monoisotopic (exact) mass is 406 g/mol. The zero-order valence-electron chi connectivity index (χ0n) is 13.4. The molecule has 120 valence electrons. The molecule has 0 radical (unpaired) electrons. The fourth-order valence-corrected chi connectivity index (χ4v) is 2.58. The molecule has 2 heterocycles. The van der Waals surface area contributed by atoms with Crippen LogP contribution in [0.3, 0.4) is 0 Å². The van der Waals surface area contributed by atoms with Crippen LogP contribution in [0.15, 0.2) is 11.3 Å². The summed E-state index contributed by atoms with van der Waals surface area (Å²) in [5.74, 6) is 2.17. The first-order valence-electron chi connectivity index (χ1n) is 7.32. The van der Waals surface area contributed by atoms with Gasteiger partial charge in [-0.3, -0.25) is 0 Å². The van der Waals surface area contributed by atoms with Gasteiger partial charge in [-0.25, -0.2) is 14.7 Å². The number of nitrogens with zero attached hydrogens (tertiary/aromatic N) is 5. The molecule has 1 unspecified atom stereocenters. The number of nitrogens with two attached hydrogens (primary N) is 1. The Morgan fingerprint density at radius 1 is 1.48 bits per heavy atom. The Morgan fingerprint density at radius 2 is 2.19 bits per heavy atom. The van der Waals surface area contributed by atoms with Crippen molar-refractivity contribution in [3.05, 3.63) is 12.2 Å². The normalized spacial score (nSPS) is 20.3. The van der Waals surface area contributed by atoms with Crippen molar-refractivity contribution in [2.75, 3.05) is 13.1 Å². The van der Waals surface area contributed by atoms with E-state index in [1.165, 1.54) is 12.8 Å². The molecular weight excluding hydrogens is 379 g/mol. The highest BCUT2D eigenvalue weighted by molar-refractivity contribution is 14.0. The van der Waals surface area contributed by atoms with Gasteiger partial charge < -0.3 is 10.6 Å². The molecule has 2 N–H and O–H groups in total. The molecule has 0 bridgehead atoms. The van der Waals surface area contributed by atoms with E-state index < -0.39 is 0 Å². The molecule has 0 saturated carbocycles. The van der Waals surface area contributed by atoms with Gasteiger partial charge in [0.15, 0.2) is 5.96 Å². The van der Waals surface area contributed by atoms with E-state index in [1.54, 1.807) is 6.33 Å². The van der Waals surface area contributed by atoms with Crippen LogP contribution in [-0.4, -0.2) is 38.7 Å². The first-order valence-corrected chi connectivity index (χ1v) is 7.32. The Balaban J connectivity index is 0.00000220. The van der Waals surface area contributed by atoms with E-state index >= 15 is 0 Å². The van der Waals surface area contributed by atoms with Gasteiger partial charge in [0.25, 0.3) is 0 Å². The fourth-order valence-electron chi connectivity index (χ4n) is 2.58. The van der Waals surface area contributed by atoms with E-state index in [0.717, 1.165) is 18.9 Å². The molecule has 2 rings (SSSR count). The van der Waals surface area contributed by atoms with Crippen molar-refractivity contribution in [2.24, 2.45) is 16.6 Å². The summed E-state index contributed by atoms with van der Waals surface area (Å²) in [6, 6.07) is 0. The minimum atomic E-state index is -0.0875. The summed E-state index contributed by atoms with van der Waals surface area (Å²) in [6.07, 6.45) is 4.05. The molecule has 0 amide bonds. The number of halogens is 1. The number of rotatable bonds is 2. The van der Waals surface area contributed by atoms with Crippen LogP contribution in [0.5, 0.6) is 0 Å². The molecule has 1 aromatic heterocycles. The van der Waals surface area contributed by atoms with Gasteiger partial charge in [-0.05, 0) is 39.5 Å². The first-order chi connectivity index (χ1) is 9.38. The highest BCUT2D eigenvalue weighted by atomic mass is 127. The van der Waals surface area contributed by atoms with Crippen molar-refractivity contribution in [3.63, 3.8) is 0 Å². The van der Waals surface area contributed by atoms with Crippen LogP contribution in [0.2, 0.25) is 0 Å². The van der Waals surface area contributed by atoms with E-state index in [2.05, 4.69) is 47.7 Å². The number of likely N-dealkylation sites (tertiary alicyclic amines) is 1. The largest absolute Gasteiger partial charge is 0.370 e. The van der Waals surface area contributed by atoms with Gasteiger partial charge in [0, 0.05) is 13.1 Å². The second-order valence-corrected chi connectivity index (χ2v) is 6.63. The number of guanidine groups is 1. The van der Waals surface area contributed by atoms with Crippen molar-refractivity contribution in [2.45, 2.75) is 52.6 Å². The zero-order valence-corrected chi connectivity index (χ0v) is 15.7. The lowest BCUT2D eigenvalue weighted by atomic mass is 10.0. The summed E-state index contributed by atoms with van der Waals surface area (Å²) in [6.45, 7) is 11.1. The van der Waals surface area contributed by atoms with Crippen LogP contribution >= 0.6 is 24.0 Å². The van der Waals surface area contributed by atoms with Crippen LogP contribution < -0.4 is 5.73 Å². The Hall–Kier alpha value is -0.860. The molecule has 1 atom stereocenters. The second kappa shape index (κ2) is 7.42. The molecule has 7 heteroatoms. The number of aliphatic imine (C=N–C) groups is 1. The van der Waals surface area contributed by atoms with Crippen LogP contribution in [-0.2, 0) is 12.1 Å². The van der Waals surface area contributed by atoms with E-state index in [9.17, 15) is 0 Å². The fraction of sp³-hybridized carbons (Fsp3) is 0.786. The number of hydrogen-bond acceptors (Lipinski definition) is 3. The van der Waals surface area contributed by atoms with Crippen molar-refractivity contribution in [3.8, 4) is 0 Å². The predicted octanol–water partition coefficient (Wildman–Crippen LogP) is 2.20. The molecule has 21 heavy (non-hydrogen) atoms. The van der Waals surface area contributed by atoms with Gasteiger partial charge >= 0.3 is 0 Å². The maximum absolute atomic E-state index is 6.10. The minimum Gasteiger partial charge on any atom is -0.370 e. The first kappa shape index (κ1) is 18.2. The quantitative estimate of drug-likeness (QED) is 0.464.